The van der Waals surface area contributed by atoms with Crippen LogP contribution in [0.25, 0.3) is 0 Å². The van der Waals surface area contributed by atoms with Crippen molar-refractivity contribution in [2.45, 2.75) is 40.0 Å². The second-order valence-corrected chi connectivity index (χ2v) is 3.86. The molecule has 1 aromatic carbocycles. The highest BCUT2D eigenvalue weighted by atomic mass is 14.8. The van der Waals surface area contributed by atoms with Crippen molar-refractivity contribution in [3.8, 4) is 0 Å². The fraction of sp³-hybridized carbons (Fsp3) is 0.600. The van der Waals surface area contributed by atoms with Gasteiger partial charge in [0.25, 0.3) is 0 Å². The summed E-state index contributed by atoms with van der Waals surface area (Å²) in [5, 5.41) is 3.22. The van der Waals surface area contributed by atoms with Gasteiger partial charge in [-0.15, -0.1) is 0 Å². The third-order valence-corrected chi connectivity index (χ3v) is 2.75. The van der Waals surface area contributed by atoms with Crippen LogP contribution in [0.2, 0.25) is 0 Å². The second-order valence-electron chi connectivity index (χ2n) is 3.86. The van der Waals surface area contributed by atoms with Gasteiger partial charge >= 0.3 is 0 Å². The third kappa shape index (κ3) is 6.62. The third-order valence-electron chi connectivity index (χ3n) is 2.75. The molecule has 16 heavy (non-hydrogen) atoms. The van der Waals surface area contributed by atoms with E-state index >= 15 is 0 Å². The van der Waals surface area contributed by atoms with Gasteiger partial charge in [-0.2, -0.15) is 0 Å². The number of hydrogen-bond donors (Lipinski definition) is 1. The first kappa shape index (κ1) is 15.2. The van der Waals surface area contributed by atoms with E-state index in [0.29, 0.717) is 0 Å². The van der Waals surface area contributed by atoms with Gasteiger partial charge in [-0.25, -0.2) is 0 Å². The van der Waals surface area contributed by atoms with E-state index < -0.39 is 0 Å². The second kappa shape index (κ2) is 10.7. The molecule has 0 aliphatic heterocycles. The summed E-state index contributed by atoms with van der Waals surface area (Å²) in [6.45, 7) is 7.41. The lowest BCUT2D eigenvalue weighted by molar-refractivity contribution is 0.459. The van der Waals surface area contributed by atoms with Gasteiger partial charge in [0.15, 0.2) is 0 Å². The summed E-state index contributed by atoms with van der Waals surface area (Å²) >= 11 is 0. The summed E-state index contributed by atoms with van der Waals surface area (Å²) in [4.78, 5) is 0. The minimum atomic E-state index is 0.824. The maximum absolute atomic E-state index is 3.22. The molecule has 1 rings (SSSR count). The Morgan fingerprint density at radius 2 is 1.75 bits per heavy atom. The smallest absolute Gasteiger partial charge is 0.00492 e. The molecule has 1 unspecified atom stereocenters. The van der Waals surface area contributed by atoms with E-state index in [4.69, 9.17) is 0 Å². The van der Waals surface area contributed by atoms with Crippen molar-refractivity contribution < 1.29 is 0 Å². The molecule has 1 heteroatoms. The number of rotatable bonds is 6. The Morgan fingerprint density at radius 3 is 2.25 bits per heavy atom. The molecular weight excluding hydrogens is 194 g/mol. The molecule has 0 aliphatic rings. The van der Waals surface area contributed by atoms with Crippen molar-refractivity contribution in [3.63, 3.8) is 0 Å². The SMILES string of the molecule is CC.CCC(CCNC)Cc1ccccc1. The Morgan fingerprint density at radius 1 is 1.12 bits per heavy atom. The van der Waals surface area contributed by atoms with Gasteiger partial charge in [-0.3, -0.25) is 0 Å². The van der Waals surface area contributed by atoms with E-state index in [1.165, 1.54) is 24.8 Å². The lowest BCUT2D eigenvalue weighted by Crippen LogP contribution is -2.14. The van der Waals surface area contributed by atoms with E-state index in [-0.39, 0.29) is 0 Å². The molecule has 0 spiro atoms. The highest BCUT2D eigenvalue weighted by molar-refractivity contribution is 5.15. The Balaban J connectivity index is 0.00000106. The largest absolute Gasteiger partial charge is 0.320 e. The molecule has 1 nitrogen and oxygen atoms in total. The average molecular weight is 221 g/mol. The van der Waals surface area contributed by atoms with Crippen LogP contribution in [0.1, 0.15) is 39.2 Å². The predicted octanol–water partition coefficient (Wildman–Crippen LogP) is 3.89. The van der Waals surface area contributed by atoms with Crippen LogP contribution in [0.4, 0.5) is 0 Å². The molecule has 1 N–H and O–H groups in total. The molecule has 0 radical (unpaired) electrons. The van der Waals surface area contributed by atoms with Crippen molar-refractivity contribution in [3.05, 3.63) is 35.9 Å². The van der Waals surface area contributed by atoms with Crippen LogP contribution in [-0.4, -0.2) is 13.6 Å². The summed E-state index contributed by atoms with van der Waals surface area (Å²) in [5.41, 5.74) is 1.47. The van der Waals surface area contributed by atoms with E-state index in [9.17, 15) is 0 Å². The molecular formula is C15H27N. The minimum Gasteiger partial charge on any atom is -0.320 e. The van der Waals surface area contributed by atoms with E-state index in [1.807, 2.05) is 20.9 Å². The molecule has 0 aromatic heterocycles. The lowest BCUT2D eigenvalue weighted by Gasteiger charge is -2.14. The molecule has 0 saturated heterocycles. The molecule has 0 amide bonds. The Kier molecular flexibility index (Phi) is 10.1. The standard InChI is InChI=1S/C13H21N.C2H6/c1-3-12(9-10-14-2)11-13-7-5-4-6-8-13;1-2/h4-8,12,14H,3,9-11H2,1-2H3;1-2H3. The lowest BCUT2D eigenvalue weighted by atomic mass is 9.94. The van der Waals surface area contributed by atoms with Crippen molar-refractivity contribution in [1.82, 2.24) is 5.32 Å². The number of benzene rings is 1. The summed E-state index contributed by atoms with van der Waals surface area (Å²) in [6.07, 6.45) is 3.78. The Labute approximate surface area is 101 Å². The quantitative estimate of drug-likeness (QED) is 0.768. The van der Waals surface area contributed by atoms with Gasteiger partial charge in [-0.05, 0) is 37.9 Å². The molecule has 0 saturated carbocycles. The van der Waals surface area contributed by atoms with Crippen LogP contribution < -0.4 is 5.32 Å². The first-order valence-electron chi connectivity index (χ1n) is 6.55. The molecule has 0 heterocycles. The molecule has 1 atom stereocenters. The van der Waals surface area contributed by atoms with Crippen LogP contribution >= 0.6 is 0 Å². The van der Waals surface area contributed by atoms with Gasteiger partial charge in [-0.1, -0.05) is 57.5 Å². The van der Waals surface area contributed by atoms with Gasteiger partial charge in [0, 0.05) is 0 Å². The Bertz CT molecular complexity index is 230. The summed E-state index contributed by atoms with van der Waals surface area (Å²) in [6, 6.07) is 10.8. The maximum atomic E-state index is 3.22. The van der Waals surface area contributed by atoms with Crippen LogP contribution in [-0.2, 0) is 6.42 Å². The summed E-state index contributed by atoms with van der Waals surface area (Å²) < 4.78 is 0. The van der Waals surface area contributed by atoms with Crippen molar-refractivity contribution in [1.29, 1.82) is 0 Å². The van der Waals surface area contributed by atoms with Crippen LogP contribution in [0, 0.1) is 5.92 Å². The topological polar surface area (TPSA) is 12.0 Å². The Hall–Kier alpha value is -0.820. The van der Waals surface area contributed by atoms with Crippen molar-refractivity contribution >= 4 is 0 Å². The van der Waals surface area contributed by atoms with Gasteiger partial charge in [0.05, 0.1) is 0 Å². The maximum Gasteiger partial charge on any atom is -0.00492 e. The van der Waals surface area contributed by atoms with Crippen molar-refractivity contribution in [2.24, 2.45) is 5.92 Å². The molecule has 1 aromatic rings. The van der Waals surface area contributed by atoms with Gasteiger partial charge < -0.3 is 5.32 Å². The minimum absolute atomic E-state index is 0.824. The van der Waals surface area contributed by atoms with Gasteiger partial charge in [0.2, 0.25) is 0 Å². The first-order valence-corrected chi connectivity index (χ1v) is 6.55. The fourth-order valence-electron chi connectivity index (χ4n) is 1.75. The fourth-order valence-corrected chi connectivity index (χ4v) is 1.75. The van der Waals surface area contributed by atoms with Gasteiger partial charge in [0.1, 0.15) is 0 Å². The summed E-state index contributed by atoms with van der Waals surface area (Å²) in [5.74, 6) is 0.824. The highest BCUT2D eigenvalue weighted by Gasteiger charge is 2.05. The van der Waals surface area contributed by atoms with Crippen LogP contribution in [0.3, 0.4) is 0 Å². The average Bonchev–Trinajstić information content (AvgIpc) is 2.38. The zero-order chi connectivity index (χ0) is 12.2. The zero-order valence-electron chi connectivity index (χ0n) is 11.3. The molecule has 92 valence electrons. The highest BCUT2D eigenvalue weighted by Crippen LogP contribution is 2.14. The zero-order valence-corrected chi connectivity index (χ0v) is 11.3. The van der Waals surface area contributed by atoms with Crippen LogP contribution in [0.15, 0.2) is 30.3 Å². The predicted molar refractivity (Wildman–Crippen MR) is 73.8 cm³/mol. The number of nitrogens with one attached hydrogen (secondary N) is 1. The van der Waals surface area contributed by atoms with Crippen molar-refractivity contribution in [2.75, 3.05) is 13.6 Å². The van der Waals surface area contributed by atoms with Crippen LogP contribution in [0.5, 0.6) is 0 Å². The molecule has 0 aliphatic carbocycles. The number of hydrogen-bond acceptors (Lipinski definition) is 1. The first-order chi connectivity index (χ1) is 7.86. The van der Waals surface area contributed by atoms with E-state index in [1.54, 1.807) is 0 Å². The van der Waals surface area contributed by atoms with E-state index in [2.05, 4.69) is 42.6 Å². The van der Waals surface area contributed by atoms with E-state index in [0.717, 1.165) is 12.5 Å². The monoisotopic (exact) mass is 221 g/mol. The molecule has 0 fully saturated rings. The normalized spacial score (nSPS) is 11.5. The summed E-state index contributed by atoms with van der Waals surface area (Å²) in [7, 11) is 2.02. The molecule has 0 bridgehead atoms.